The summed E-state index contributed by atoms with van der Waals surface area (Å²) in [7, 11) is 0. The van der Waals surface area contributed by atoms with Crippen molar-refractivity contribution >= 4 is 27.5 Å². The molecule has 1 aromatic carbocycles. The van der Waals surface area contributed by atoms with E-state index >= 15 is 0 Å². The third-order valence-electron chi connectivity index (χ3n) is 4.11. The van der Waals surface area contributed by atoms with E-state index in [1.54, 1.807) is 13.0 Å². The molecule has 2 rings (SSSR count). The molecule has 0 radical (unpaired) electrons. The van der Waals surface area contributed by atoms with Crippen molar-refractivity contribution in [3.05, 3.63) is 33.3 Å². The molecule has 0 aromatic heterocycles. The molecular formula is C15H21BrClNO2. The van der Waals surface area contributed by atoms with Crippen LogP contribution in [0.4, 0.5) is 0 Å². The Hall–Kier alpha value is -0.130. The van der Waals surface area contributed by atoms with E-state index in [1.807, 2.05) is 19.1 Å². The zero-order valence-corrected chi connectivity index (χ0v) is 14.2. The van der Waals surface area contributed by atoms with E-state index in [4.69, 9.17) is 11.6 Å². The second kappa shape index (κ2) is 5.93. The molecule has 0 amide bonds. The number of likely N-dealkylation sites (tertiary alicyclic amines) is 1. The van der Waals surface area contributed by atoms with Crippen molar-refractivity contribution in [1.82, 2.24) is 4.90 Å². The lowest BCUT2D eigenvalue weighted by Gasteiger charge is -2.31. The molecule has 0 spiro atoms. The normalized spacial score (nSPS) is 26.7. The van der Waals surface area contributed by atoms with Crippen LogP contribution in [0.5, 0.6) is 0 Å². The van der Waals surface area contributed by atoms with Crippen molar-refractivity contribution in [3.63, 3.8) is 0 Å². The fraction of sp³-hybridized carbons (Fsp3) is 0.600. The number of hydrogen-bond acceptors (Lipinski definition) is 3. The van der Waals surface area contributed by atoms with E-state index in [1.165, 1.54) is 0 Å². The summed E-state index contributed by atoms with van der Waals surface area (Å²) in [5.41, 5.74) is -0.926. The van der Waals surface area contributed by atoms with Crippen LogP contribution in [-0.2, 0) is 5.60 Å². The van der Waals surface area contributed by atoms with Crippen LogP contribution in [0, 0.1) is 0 Å². The van der Waals surface area contributed by atoms with Gasteiger partial charge in [-0.2, -0.15) is 0 Å². The predicted octanol–water partition coefficient (Wildman–Crippen LogP) is 3.16. The van der Waals surface area contributed by atoms with Crippen LogP contribution in [-0.4, -0.2) is 40.3 Å². The van der Waals surface area contributed by atoms with Crippen LogP contribution >= 0.6 is 27.5 Å². The number of hydrogen-bond donors (Lipinski definition) is 2. The number of benzene rings is 1. The van der Waals surface area contributed by atoms with Crippen molar-refractivity contribution < 1.29 is 10.2 Å². The molecule has 2 N–H and O–H groups in total. The fourth-order valence-electron chi connectivity index (χ4n) is 2.81. The Morgan fingerprint density at radius 3 is 2.75 bits per heavy atom. The molecule has 1 aliphatic rings. The second-order valence-electron chi connectivity index (χ2n) is 5.94. The molecule has 1 aliphatic heterocycles. The lowest BCUT2D eigenvalue weighted by atomic mass is 9.95. The van der Waals surface area contributed by atoms with Crippen LogP contribution in [0.3, 0.4) is 0 Å². The van der Waals surface area contributed by atoms with Crippen LogP contribution in [0.15, 0.2) is 22.7 Å². The Labute approximate surface area is 133 Å². The van der Waals surface area contributed by atoms with Crippen molar-refractivity contribution in [1.29, 1.82) is 0 Å². The first-order valence-electron chi connectivity index (χ1n) is 6.88. The van der Waals surface area contributed by atoms with Crippen molar-refractivity contribution in [2.75, 3.05) is 19.6 Å². The first kappa shape index (κ1) is 16.2. The molecule has 1 aromatic rings. The number of nitrogens with zero attached hydrogens (tertiary/aromatic N) is 1. The van der Waals surface area contributed by atoms with Gasteiger partial charge in [0.2, 0.25) is 0 Å². The molecule has 1 saturated heterocycles. The minimum Gasteiger partial charge on any atom is -0.389 e. The van der Waals surface area contributed by atoms with Gasteiger partial charge in [-0.05, 0) is 31.9 Å². The highest BCUT2D eigenvalue weighted by atomic mass is 79.9. The zero-order valence-electron chi connectivity index (χ0n) is 11.9. The number of halogens is 2. The Morgan fingerprint density at radius 2 is 2.20 bits per heavy atom. The lowest BCUT2D eigenvalue weighted by molar-refractivity contribution is 0.00473. The fourth-order valence-corrected chi connectivity index (χ4v) is 3.69. The summed E-state index contributed by atoms with van der Waals surface area (Å²) in [6.45, 7) is 5.64. The van der Waals surface area contributed by atoms with Gasteiger partial charge in [0.25, 0.3) is 0 Å². The number of β-amino-alcohol motifs (C(OH)–C–C–N with tert-alkyl or cyclic N) is 2. The molecule has 20 heavy (non-hydrogen) atoms. The molecule has 2 unspecified atom stereocenters. The molecule has 5 heteroatoms. The number of aliphatic hydroxyl groups is 2. The topological polar surface area (TPSA) is 43.7 Å². The summed E-state index contributed by atoms with van der Waals surface area (Å²) in [6, 6.07) is 5.51. The van der Waals surface area contributed by atoms with Crippen LogP contribution in [0.1, 0.15) is 32.3 Å². The first-order valence-corrected chi connectivity index (χ1v) is 8.05. The Bertz CT molecular complexity index is 495. The Balaban J connectivity index is 2.12. The highest BCUT2D eigenvalue weighted by Gasteiger charge is 2.38. The molecular weight excluding hydrogens is 342 g/mol. The van der Waals surface area contributed by atoms with E-state index in [-0.39, 0.29) is 0 Å². The summed E-state index contributed by atoms with van der Waals surface area (Å²) >= 11 is 9.59. The van der Waals surface area contributed by atoms with Crippen molar-refractivity contribution in [3.8, 4) is 0 Å². The Kier molecular flexibility index (Phi) is 4.82. The monoisotopic (exact) mass is 361 g/mol. The van der Waals surface area contributed by atoms with Gasteiger partial charge in [-0.3, -0.25) is 4.90 Å². The molecule has 112 valence electrons. The van der Waals surface area contributed by atoms with Gasteiger partial charge >= 0.3 is 0 Å². The van der Waals surface area contributed by atoms with Crippen molar-refractivity contribution in [2.24, 2.45) is 0 Å². The number of rotatable bonds is 4. The SMILES string of the molecule is CCC1(O)CCN(CC(C)(O)c2ccc(Br)cc2Cl)C1. The standard InChI is InChI=1S/C15H21BrClNO2/c1-3-15(20)6-7-18(10-15)9-14(2,19)12-5-4-11(16)8-13(12)17/h4-5,8,19-20H,3,6-7,9-10H2,1-2H3. The van der Waals surface area contributed by atoms with Crippen molar-refractivity contribution in [2.45, 2.75) is 37.9 Å². The predicted molar refractivity (Wildman–Crippen MR) is 85.0 cm³/mol. The van der Waals surface area contributed by atoms with Crippen LogP contribution < -0.4 is 0 Å². The van der Waals surface area contributed by atoms with E-state index in [2.05, 4.69) is 20.8 Å². The van der Waals surface area contributed by atoms with Gasteiger partial charge in [0.1, 0.15) is 5.60 Å². The zero-order chi connectivity index (χ0) is 15.0. The summed E-state index contributed by atoms with van der Waals surface area (Å²) in [5, 5.41) is 21.6. The van der Waals surface area contributed by atoms with Crippen LogP contribution in [0.25, 0.3) is 0 Å². The van der Waals surface area contributed by atoms with Gasteiger partial charge < -0.3 is 10.2 Å². The third-order valence-corrected chi connectivity index (χ3v) is 4.92. The van der Waals surface area contributed by atoms with Gasteiger partial charge in [0.05, 0.1) is 5.60 Å². The maximum atomic E-state index is 10.7. The summed E-state index contributed by atoms with van der Waals surface area (Å²) in [5.74, 6) is 0. The molecule has 1 heterocycles. The van der Waals surface area contributed by atoms with E-state index in [9.17, 15) is 10.2 Å². The lowest BCUT2D eigenvalue weighted by Crippen LogP contribution is -2.40. The van der Waals surface area contributed by atoms with Gasteiger partial charge in [-0.15, -0.1) is 0 Å². The average Bonchev–Trinajstić information content (AvgIpc) is 2.70. The second-order valence-corrected chi connectivity index (χ2v) is 7.26. The molecule has 0 saturated carbocycles. The van der Waals surface area contributed by atoms with Gasteiger partial charge in [0, 0.05) is 34.7 Å². The van der Waals surface area contributed by atoms with E-state index < -0.39 is 11.2 Å². The maximum absolute atomic E-state index is 10.7. The van der Waals surface area contributed by atoms with Gasteiger partial charge in [-0.1, -0.05) is 40.5 Å². The molecule has 3 nitrogen and oxygen atoms in total. The molecule has 2 atom stereocenters. The largest absolute Gasteiger partial charge is 0.389 e. The van der Waals surface area contributed by atoms with E-state index in [0.717, 1.165) is 23.9 Å². The molecule has 0 bridgehead atoms. The third kappa shape index (κ3) is 3.55. The quantitative estimate of drug-likeness (QED) is 0.865. The molecule has 1 fully saturated rings. The first-order chi connectivity index (χ1) is 9.26. The summed E-state index contributed by atoms with van der Waals surface area (Å²) < 4.78 is 0.892. The van der Waals surface area contributed by atoms with Gasteiger partial charge in [-0.25, -0.2) is 0 Å². The van der Waals surface area contributed by atoms with Gasteiger partial charge in [0.15, 0.2) is 0 Å². The highest BCUT2D eigenvalue weighted by Crippen LogP contribution is 2.33. The molecule has 0 aliphatic carbocycles. The minimum absolute atomic E-state index is 0.469. The smallest absolute Gasteiger partial charge is 0.101 e. The maximum Gasteiger partial charge on any atom is 0.101 e. The summed E-state index contributed by atoms with van der Waals surface area (Å²) in [6.07, 6.45) is 1.50. The minimum atomic E-state index is -1.03. The highest BCUT2D eigenvalue weighted by molar-refractivity contribution is 9.10. The van der Waals surface area contributed by atoms with E-state index in [0.29, 0.717) is 23.7 Å². The van der Waals surface area contributed by atoms with Crippen LogP contribution in [0.2, 0.25) is 5.02 Å². The summed E-state index contributed by atoms with van der Waals surface area (Å²) in [4.78, 5) is 2.10. The Morgan fingerprint density at radius 1 is 1.50 bits per heavy atom. The average molecular weight is 363 g/mol.